The second-order valence-corrected chi connectivity index (χ2v) is 6.87. The monoisotopic (exact) mass is 355 g/mol. The molecule has 0 aromatic heterocycles. The van der Waals surface area contributed by atoms with Crippen molar-refractivity contribution in [3.63, 3.8) is 0 Å². The van der Waals surface area contributed by atoms with Crippen LogP contribution in [-0.2, 0) is 9.53 Å². The van der Waals surface area contributed by atoms with Gasteiger partial charge in [-0.15, -0.1) is 0 Å². The highest BCUT2D eigenvalue weighted by Gasteiger charge is 2.23. The number of esters is 1. The molecule has 26 heavy (non-hydrogen) atoms. The zero-order valence-electron chi connectivity index (χ0n) is 15.3. The van der Waals surface area contributed by atoms with Gasteiger partial charge in [0.15, 0.2) is 6.61 Å². The third-order valence-corrected chi connectivity index (χ3v) is 5.12. The fourth-order valence-corrected chi connectivity index (χ4v) is 3.62. The molecule has 0 radical (unpaired) electrons. The smallest absolute Gasteiger partial charge is 0.339 e. The molecule has 1 aliphatic rings. The summed E-state index contributed by atoms with van der Waals surface area (Å²) in [6.45, 7) is 1.89. The van der Waals surface area contributed by atoms with Crippen molar-refractivity contribution in [3.8, 4) is 5.75 Å². The average Bonchev–Trinajstić information content (AvgIpc) is 2.67. The molecule has 0 bridgehead atoms. The number of hydrogen-bond donors (Lipinski definition) is 1. The van der Waals surface area contributed by atoms with Crippen molar-refractivity contribution in [2.45, 2.75) is 38.6 Å². The standard InChI is InChI=1S/C21H25NO4/c1-14-7-3-6-10-18(14)22-20(23)13-26-21(24)17-11-12-19(25-2)16-9-5-4-8-15(16)17/h4-5,8-9,11-12,14,18H,3,6-7,10,13H2,1-2H3,(H,22,23)/t14-,18-/m0/s1. The van der Waals surface area contributed by atoms with E-state index >= 15 is 0 Å². The van der Waals surface area contributed by atoms with E-state index in [1.54, 1.807) is 19.2 Å². The molecule has 138 valence electrons. The van der Waals surface area contributed by atoms with Crippen LogP contribution in [0.4, 0.5) is 0 Å². The Balaban J connectivity index is 1.65. The predicted octanol–water partition coefficient (Wildman–Crippen LogP) is 3.70. The first-order valence-electron chi connectivity index (χ1n) is 9.12. The maximum Gasteiger partial charge on any atom is 0.339 e. The third-order valence-electron chi connectivity index (χ3n) is 5.12. The van der Waals surface area contributed by atoms with Crippen LogP contribution < -0.4 is 10.1 Å². The van der Waals surface area contributed by atoms with Crippen LogP contribution in [-0.4, -0.2) is 31.6 Å². The van der Waals surface area contributed by atoms with Crippen molar-refractivity contribution in [2.24, 2.45) is 5.92 Å². The van der Waals surface area contributed by atoms with E-state index in [1.807, 2.05) is 24.3 Å². The van der Waals surface area contributed by atoms with Gasteiger partial charge in [0.2, 0.25) is 0 Å². The van der Waals surface area contributed by atoms with Crippen molar-refractivity contribution >= 4 is 22.6 Å². The summed E-state index contributed by atoms with van der Waals surface area (Å²) in [5.41, 5.74) is 0.431. The Morgan fingerprint density at radius 3 is 2.54 bits per heavy atom. The minimum absolute atomic E-state index is 0.178. The van der Waals surface area contributed by atoms with Crippen molar-refractivity contribution in [3.05, 3.63) is 42.0 Å². The highest BCUT2D eigenvalue weighted by molar-refractivity contribution is 6.06. The van der Waals surface area contributed by atoms with Gasteiger partial charge in [-0.3, -0.25) is 4.79 Å². The number of carbonyl (C=O) groups excluding carboxylic acids is 2. The molecule has 0 spiro atoms. The molecule has 0 aliphatic heterocycles. The van der Waals surface area contributed by atoms with E-state index in [-0.39, 0.29) is 18.6 Å². The summed E-state index contributed by atoms with van der Waals surface area (Å²) in [5.74, 6) is 0.417. The van der Waals surface area contributed by atoms with Gasteiger partial charge in [-0.2, -0.15) is 0 Å². The lowest BCUT2D eigenvalue weighted by Crippen LogP contribution is -2.42. The van der Waals surface area contributed by atoms with Crippen LogP contribution in [0.1, 0.15) is 43.0 Å². The van der Waals surface area contributed by atoms with Gasteiger partial charge < -0.3 is 14.8 Å². The summed E-state index contributed by atoms with van der Waals surface area (Å²) in [6.07, 6.45) is 4.46. The zero-order valence-corrected chi connectivity index (χ0v) is 15.3. The van der Waals surface area contributed by atoms with E-state index in [2.05, 4.69) is 12.2 Å². The van der Waals surface area contributed by atoms with Crippen molar-refractivity contribution < 1.29 is 19.1 Å². The van der Waals surface area contributed by atoms with E-state index < -0.39 is 5.97 Å². The molecule has 1 amide bonds. The van der Waals surface area contributed by atoms with Crippen LogP contribution >= 0.6 is 0 Å². The van der Waals surface area contributed by atoms with Gasteiger partial charge in [-0.05, 0) is 36.3 Å². The van der Waals surface area contributed by atoms with Gasteiger partial charge in [-0.1, -0.05) is 44.0 Å². The molecule has 0 unspecified atom stereocenters. The van der Waals surface area contributed by atoms with Gasteiger partial charge in [0.05, 0.1) is 12.7 Å². The lowest BCUT2D eigenvalue weighted by Gasteiger charge is -2.29. The van der Waals surface area contributed by atoms with Crippen LogP contribution in [0.2, 0.25) is 0 Å². The molecule has 1 aliphatic carbocycles. The van der Waals surface area contributed by atoms with Crippen LogP contribution in [0, 0.1) is 5.92 Å². The van der Waals surface area contributed by atoms with Crippen molar-refractivity contribution in [1.82, 2.24) is 5.32 Å². The summed E-state index contributed by atoms with van der Waals surface area (Å²) in [4.78, 5) is 24.6. The van der Waals surface area contributed by atoms with E-state index in [4.69, 9.17) is 9.47 Å². The SMILES string of the molecule is COc1ccc(C(=O)OCC(=O)N[C@H]2CCCC[C@@H]2C)c2ccccc12. The number of carbonyl (C=O) groups is 2. The molecule has 5 heteroatoms. The van der Waals surface area contributed by atoms with Crippen molar-refractivity contribution in [2.75, 3.05) is 13.7 Å². The van der Waals surface area contributed by atoms with E-state index in [0.717, 1.165) is 30.0 Å². The van der Waals surface area contributed by atoms with E-state index in [0.29, 0.717) is 17.2 Å². The zero-order chi connectivity index (χ0) is 18.5. The number of methoxy groups -OCH3 is 1. The molecule has 2 aromatic rings. The van der Waals surface area contributed by atoms with Crippen molar-refractivity contribution in [1.29, 1.82) is 0 Å². The first-order chi connectivity index (χ1) is 12.6. The lowest BCUT2D eigenvalue weighted by molar-refractivity contribution is -0.125. The number of rotatable bonds is 5. The Bertz CT molecular complexity index is 802. The van der Waals surface area contributed by atoms with Gasteiger partial charge in [0.1, 0.15) is 5.75 Å². The molecule has 2 aromatic carbocycles. The van der Waals surface area contributed by atoms with Crippen LogP contribution in [0.3, 0.4) is 0 Å². The number of benzene rings is 2. The maximum absolute atomic E-state index is 12.5. The lowest BCUT2D eigenvalue weighted by atomic mass is 9.86. The fraction of sp³-hybridized carbons (Fsp3) is 0.429. The normalized spacial score (nSPS) is 19.8. The molecule has 2 atom stereocenters. The van der Waals surface area contributed by atoms with E-state index in [9.17, 15) is 9.59 Å². The second-order valence-electron chi connectivity index (χ2n) is 6.87. The minimum atomic E-state index is -0.504. The minimum Gasteiger partial charge on any atom is -0.496 e. The highest BCUT2D eigenvalue weighted by atomic mass is 16.5. The highest BCUT2D eigenvalue weighted by Crippen LogP contribution is 2.28. The molecule has 1 saturated carbocycles. The number of nitrogens with one attached hydrogen (secondary N) is 1. The quantitative estimate of drug-likeness (QED) is 0.831. The summed E-state index contributed by atoms with van der Waals surface area (Å²) in [5, 5.41) is 4.58. The van der Waals surface area contributed by atoms with Gasteiger partial charge in [-0.25, -0.2) is 4.79 Å². The molecular weight excluding hydrogens is 330 g/mol. The Kier molecular flexibility index (Phi) is 5.76. The largest absolute Gasteiger partial charge is 0.496 e. The molecular formula is C21H25NO4. The Morgan fingerprint density at radius 2 is 1.81 bits per heavy atom. The van der Waals surface area contributed by atoms with Crippen LogP contribution in [0.5, 0.6) is 5.75 Å². The average molecular weight is 355 g/mol. The Hall–Kier alpha value is -2.56. The number of ether oxygens (including phenoxy) is 2. The van der Waals surface area contributed by atoms with Crippen LogP contribution in [0.15, 0.2) is 36.4 Å². The third kappa shape index (κ3) is 3.98. The molecule has 0 heterocycles. The molecule has 5 nitrogen and oxygen atoms in total. The first-order valence-corrected chi connectivity index (χ1v) is 9.12. The summed E-state index contributed by atoms with van der Waals surface area (Å²) >= 11 is 0. The fourth-order valence-electron chi connectivity index (χ4n) is 3.62. The van der Waals surface area contributed by atoms with Gasteiger partial charge in [0, 0.05) is 11.4 Å². The van der Waals surface area contributed by atoms with Gasteiger partial charge in [0.25, 0.3) is 5.91 Å². The molecule has 0 saturated heterocycles. The predicted molar refractivity (Wildman–Crippen MR) is 100 cm³/mol. The molecule has 1 fully saturated rings. The topological polar surface area (TPSA) is 64.6 Å². The maximum atomic E-state index is 12.5. The van der Waals surface area contributed by atoms with Gasteiger partial charge >= 0.3 is 5.97 Å². The summed E-state index contributed by atoms with van der Waals surface area (Å²) in [7, 11) is 1.59. The number of amides is 1. The Morgan fingerprint density at radius 1 is 1.08 bits per heavy atom. The van der Waals surface area contributed by atoms with E-state index in [1.165, 1.54) is 6.42 Å². The molecule has 1 N–H and O–H groups in total. The Labute approximate surface area is 153 Å². The van der Waals surface area contributed by atoms with Crippen LogP contribution in [0.25, 0.3) is 10.8 Å². The number of fused-ring (bicyclic) bond motifs is 1. The molecule has 3 rings (SSSR count). The summed E-state index contributed by atoms with van der Waals surface area (Å²) in [6, 6.07) is 11.1. The number of hydrogen-bond acceptors (Lipinski definition) is 4. The first kappa shape index (κ1) is 18.2. The second kappa shape index (κ2) is 8.21. The summed E-state index contributed by atoms with van der Waals surface area (Å²) < 4.78 is 10.6.